The molecule has 0 heterocycles. The van der Waals surface area contributed by atoms with E-state index in [-0.39, 0.29) is 5.82 Å². The van der Waals surface area contributed by atoms with Crippen molar-refractivity contribution in [3.8, 4) is 33.8 Å². The smallest absolute Gasteiger partial charge is 0.161 e. The molecular formula is C21H19FO2. The molecule has 0 bridgehead atoms. The van der Waals surface area contributed by atoms with Crippen LogP contribution < -0.4 is 9.47 Å². The second-order valence-electron chi connectivity index (χ2n) is 5.61. The zero-order chi connectivity index (χ0) is 17.1. The number of hydrogen-bond donors (Lipinski definition) is 0. The Morgan fingerprint density at radius 3 is 1.67 bits per heavy atom. The lowest BCUT2D eigenvalue weighted by molar-refractivity contribution is 0.355. The van der Waals surface area contributed by atoms with E-state index in [9.17, 15) is 4.39 Å². The monoisotopic (exact) mass is 322 g/mol. The zero-order valence-electron chi connectivity index (χ0n) is 14.0. The number of rotatable bonds is 4. The van der Waals surface area contributed by atoms with Crippen molar-refractivity contribution < 1.29 is 13.9 Å². The Hall–Kier alpha value is -2.81. The van der Waals surface area contributed by atoms with Crippen molar-refractivity contribution in [2.75, 3.05) is 14.2 Å². The molecule has 0 unspecified atom stereocenters. The third-order valence-corrected chi connectivity index (χ3v) is 4.11. The van der Waals surface area contributed by atoms with E-state index < -0.39 is 0 Å². The molecule has 3 heteroatoms. The van der Waals surface area contributed by atoms with Gasteiger partial charge in [-0.1, -0.05) is 42.5 Å². The van der Waals surface area contributed by atoms with Crippen LogP contribution in [0.1, 0.15) is 5.56 Å². The molecule has 122 valence electrons. The minimum atomic E-state index is -0.184. The van der Waals surface area contributed by atoms with Crippen LogP contribution >= 0.6 is 0 Å². The Kier molecular flexibility index (Phi) is 4.52. The van der Waals surface area contributed by atoms with E-state index in [0.29, 0.717) is 17.1 Å². The summed E-state index contributed by atoms with van der Waals surface area (Å²) in [6.07, 6.45) is 0. The SMILES string of the molecule is COc1ccc(-c2ccc(-c3ccc(C)c(F)c3)cc2)cc1OC. The van der Waals surface area contributed by atoms with Crippen LogP contribution in [0.4, 0.5) is 4.39 Å². The van der Waals surface area contributed by atoms with Gasteiger partial charge in [0.1, 0.15) is 5.82 Å². The van der Waals surface area contributed by atoms with Crippen LogP contribution in [0.2, 0.25) is 0 Å². The van der Waals surface area contributed by atoms with Crippen molar-refractivity contribution in [1.82, 2.24) is 0 Å². The highest BCUT2D eigenvalue weighted by molar-refractivity contribution is 5.72. The minimum absolute atomic E-state index is 0.184. The van der Waals surface area contributed by atoms with Gasteiger partial charge in [0.05, 0.1) is 14.2 Å². The van der Waals surface area contributed by atoms with Crippen molar-refractivity contribution in [2.24, 2.45) is 0 Å². The van der Waals surface area contributed by atoms with Gasteiger partial charge in [0, 0.05) is 0 Å². The van der Waals surface area contributed by atoms with Crippen LogP contribution in [0.25, 0.3) is 22.3 Å². The summed E-state index contributed by atoms with van der Waals surface area (Å²) in [6.45, 7) is 1.76. The van der Waals surface area contributed by atoms with Crippen LogP contribution in [0.3, 0.4) is 0 Å². The molecular weight excluding hydrogens is 303 g/mol. The second kappa shape index (κ2) is 6.75. The van der Waals surface area contributed by atoms with E-state index in [0.717, 1.165) is 22.3 Å². The van der Waals surface area contributed by atoms with Crippen molar-refractivity contribution in [2.45, 2.75) is 6.92 Å². The fourth-order valence-electron chi connectivity index (χ4n) is 2.64. The third-order valence-electron chi connectivity index (χ3n) is 4.11. The molecule has 0 aliphatic carbocycles. The Morgan fingerprint density at radius 2 is 1.12 bits per heavy atom. The normalized spacial score (nSPS) is 10.5. The summed E-state index contributed by atoms with van der Waals surface area (Å²) in [5.74, 6) is 1.21. The molecule has 0 aromatic heterocycles. The van der Waals surface area contributed by atoms with Gasteiger partial charge in [-0.3, -0.25) is 0 Å². The predicted molar refractivity (Wildman–Crippen MR) is 95.1 cm³/mol. The van der Waals surface area contributed by atoms with Gasteiger partial charge in [0.2, 0.25) is 0 Å². The van der Waals surface area contributed by atoms with Gasteiger partial charge in [-0.25, -0.2) is 4.39 Å². The van der Waals surface area contributed by atoms with Crippen molar-refractivity contribution >= 4 is 0 Å². The van der Waals surface area contributed by atoms with Gasteiger partial charge in [0.15, 0.2) is 11.5 Å². The van der Waals surface area contributed by atoms with Crippen LogP contribution in [0.15, 0.2) is 60.7 Å². The highest BCUT2D eigenvalue weighted by atomic mass is 19.1. The van der Waals surface area contributed by atoms with E-state index in [2.05, 4.69) is 0 Å². The van der Waals surface area contributed by atoms with Gasteiger partial charge in [-0.05, 0) is 52.9 Å². The molecule has 0 radical (unpaired) electrons. The number of ether oxygens (including phenoxy) is 2. The molecule has 0 saturated heterocycles. The first-order valence-electron chi connectivity index (χ1n) is 7.71. The predicted octanol–water partition coefficient (Wildman–Crippen LogP) is 5.49. The largest absolute Gasteiger partial charge is 0.493 e. The topological polar surface area (TPSA) is 18.5 Å². The van der Waals surface area contributed by atoms with Gasteiger partial charge in [-0.15, -0.1) is 0 Å². The maximum atomic E-state index is 13.7. The molecule has 0 amide bonds. The summed E-state index contributed by atoms with van der Waals surface area (Å²) < 4.78 is 24.4. The summed E-state index contributed by atoms with van der Waals surface area (Å²) in [7, 11) is 3.24. The lowest BCUT2D eigenvalue weighted by atomic mass is 9.99. The first-order chi connectivity index (χ1) is 11.6. The van der Waals surface area contributed by atoms with Crippen LogP contribution in [0.5, 0.6) is 11.5 Å². The molecule has 3 rings (SSSR count). The Bertz CT molecular complexity index is 854. The molecule has 0 spiro atoms. The molecule has 0 atom stereocenters. The molecule has 0 fully saturated rings. The van der Waals surface area contributed by atoms with Gasteiger partial charge >= 0.3 is 0 Å². The Morgan fingerprint density at radius 1 is 0.625 bits per heavy atom. The highest BCUT2D eigenvalue weighted by Gasteiger charge is 2.07. The van der Waals surface area contributed by atoms with Crippen LogP contribution in [-0.2, 0) is 0 Å². The number of aryl methyl sites for hydroxylation is 1. The zero-order valence-corrected chi connectivity index (χ0v) is 14.0. The highest BCUT2D eigenvalue weighted by Crippen LogP contribution is 2.33. The van der Waals surface area contributed by atoms with Gasteiger partial charge in [-0.2, -0.15) is 0 Å². The van der Waals surface area contributed by atoms with E-state index in [4.69, 9.17) is 9.47 Å². The van der Waals surface area contributed by atoms with Gasteiger partial charge in [0.25, 0.3) is 0 Å². The number of hydrogen-bond acceptors (Lipinski definition) is 2. The Balaban J connectivity index is 1.93. The number of halogens is 1. The lowest BCUT2D eigenvalue weighted by Crippen LogP contribution is -1.91. The Labute approximate surface area is 141 Å². The van der Waals surface area contributed by atoms with E-state index in [1.165, 1.54) is 0 Å². The molecule has 24 heavy (non-hydrogen) atoms. The van der Waals surface area contributed by atoms with Crippen molar-refractivity contribution in [3.63, 3.8) is 0 Å². The fourth-order valence-corrected chi connectivity index (χ4v) is 2.64. The van der Waals surface area contributed by atoms with E-state index in [1.807, 2.05) is 48.5 Å². The first-order valence-corrected chi connectivity index (χ1v) is 7.71. The van der Waals surface area contributed by atoms with Crippen molar-refractivity contribution in [3.05, 3.63) is 72.0 Å². The molecule has 2 nitrogen and oxygen atoms in total. The van der Waals surface area contributed by atoms with E-state index in [1.54, 1.807) is 33.3 Å². The first kappa shape index (κ1) is 16.1. The average molecular weight is 322 g/mol. The molecule has 0 aliphatic heterocycles. The number of benzene rings is 3. The summed E-state index contributed by atoms with van der Waals surface area (Å²) in [5.41, 5.74) is 4.61. The standard InChI is InChI=1S/C21H19FO2/c1-14-4-5-17(12-19(14)22)15-6-8-16(9-7-15)18-10-11-20(23-2)21(13-18)24-3/h4-13H,1-3H3. The average Bonchev–Trinajstić information content (AvgIpc) is 2.63. The maximum absolute atomic E-state index is 13.7. The quantitative estimate of drug-likeness (QED) is 0.633. The fraction of sp³-hybridized carbons (Fsp3) is 0.143. The molecule has 3 aromatic rings. The summed E-state index contributed by atoms with van der Waals surface area (Å²) in [6, 6.07) is 19.2. The maximum Gasteiger partial charge on any atom is 0.161 e. The second-order valence-corrected chi connectivity index (χ2v) is 5.61. The van der Waals surface area contributed by atoms with E-state index >= 15 is 0 Å². The summed E-state index contributed by atoms with van der Waals surface area (Å²) in [4.78, 5) is 0. The minimum Gasteiger partial charge on any atom is -0.493 e. The van der Waals surface area contributed by atoms with Crippen LogP contribution in [-0.4, -0.2) is 14.2 Å². The van der Waals surface area contributed by atoms with Crippen molar-refractivity contribution in [1.29, 1.82) is 0 Å². The summed E-state index contributed by atoms with van der Waals surface area (Å²) in [5, 5.41) is 0. The lowest BCUT2D eigenvalue weighted by Gasteiger charge is -2.10. The third kappa shape index (κ3) is 3.11. The van der Waals surface area contributed by atoms with Gasteiger partial charge < -0.3 is 9.47 Å². The molecule has 3 aromatic carbocycles. The summed E-state index contributed by atoms with van der Waals surface area (Å²) >= 11 is 0. The molecule has 0 aliphatic rings. The number of methoxy groups -OCH3 is 2. The van der Waals surface area contributed by atoms with Crippen LogP contribution in [0, 0.1) is 12.7 Å². The molecule has 0 N–H and O–H groups in total. The molecule has 0 saturated carbocycles.